The van der Waals surface area contributed by atoms with Gasteiger partial charge in [0.15, 0.2) is 0 Å². The highest BCUT2D eigenvalue weighted by Gasteiger charge is 2.24. The minimum Gasteiger partial charge on any atom is -0.480 e. The lowest BCUT2D eigenvalue weighted by Crippen LogP contribution is -2.43. The van der Waals surface area contributed by atoms with Crippen molar-refractivity contribution in [3.8, 4) is 0 Å². The molecule has 20 heavy (non-hydrogen) atoms. The predicted octanol–water partition coefficient (Wildman–Crippen LogP) is 1.78. The van der Waals surface area contributed by atoms with E-state index in [4.69, 9.17) is 10.8 Å². The van der Waals surface area contributed by atoms with Crippen LogP contribution in [-0.2, 0) is 11.3 Å². The molecular weight excluding hydrogens is 256 g/mol. The largest absolute Gasteiger partial charge is 0.480 e. The van der Waals surface area contributed by atoms with Gasteiger partial charge in [-0.1, -0.05) is 6.07 Å². The molecule has 0 aliphatic heterocycles. The van der Waals surface area contributed by atoms with Crippen molar-refractivity contribution in [2.75, 3.05) is 6.54 Å². The molecule has 0 bridgehead atoms. The predicted molar refractivity (Wildman–Crippen MR) is 77.5 cm³/mol. The molecule has 1 rings (SSSR count). The Bertz CT molecular complexity index is 518. The maximum atomic E-state index is 11.1. The molecule has 0 aliphatic carbocycles. The van der Waals surface area contributed by atoms with Crippen molar-refractivity contribution in [3.05, 3.63) is 34.9 Å². The first-order chi connectivity index (χ1) is 9.11. The van der Waals surface area contributed by atoms with E-state index in [-0.39, 0.29) is 12.1 Å². The molecule has 0 spiro atoms. The summed E-state index contributed by atoms with van der Waals surface area (Å²) in [5.74, 6) is -1.32. The Kier molecular flexibility index (Phi) is 4.89. The minimum atomic E-state index is -0.855. The number of amides is 1. The first-order valence-electron chi connectivity index (χ1n) is 6.47. The molecule has 0 saturated heterocycles. The molecule has 110 valence electrons. The zero-order valence-corrected chi connectivity index (χ0v) is 12.4. The van der Waals surface area contributed by atoms with Gasteiger partial charge >= 0.3 is 5.97 Å². The average Bonchev–Trinajstić information content (AvgIpc) is 2.28. The number of hydrogen-bond donors (Lipinski definition) is 2. The molecular formula is C15H22N2O3. The third-order valence-electron chi connectivity index (χ3n) is 3.26. The zero-order chi connectivity index (χ0) is 15.5. The van der Waals surface area contributed by atoms with Gasteiger partial charge in [0.05, 0.1) is 6.54 Å². The van der Waals surface area contributed by atoms with Crippen molar-refractivity contribution in [3.63, 3.8) is 0 Å². The van der Waals surface area contributed by atoms with Crippen LogP contribution in [0.15, 0.2) is 18.2 Å². The smallest absolute Gasteiger partial charge is 0.317 e. The second-order valence-electron chi connectivity index (χ2n) is 5.93. The maximum absolute atomic E-state index is 11.1. The van der Waals surface area contributed by atoms with E-state index in [1.165, 1.54) is 0 Å². The van der Waals surface area contributed by atoms with Crippen LogP contribution in [0.25, 0.3) is 0 Å². The molecule has 5 heteroatoms. The van der Waals surface area contributed by atoms with Crippen molar-refractivity contribution >= 4 is 11.9 Å². The van der Waals surface area contributed by atoms with Crippen molar-refractivity contribution in [1.82, 2.24) is 4.90 Å². The summed E-state index contributed by atoms with van der Waals surface area (Å²) in [6.07, 6.45) is 0. The molecule has 0 radical (unpaired) electrons. The van der Waals surface area contributed by atoms with Gasteiger partial charge in [-0.3, -0.25) is 14.5 Å². The lowest BCUT2D eigenvalue weighted by Gasteiger charge is -2.34. The number of rotatable bonds is 5. The van der Waals surface area contributed by atoms with E-state index in [0.717, 1.165) is 11.1 Å². The Labute approximate surface area is 119 Å². The number of primary amides is 1. The number of nitrogens with zero attached hydrogens (tertiary/aromatic N) is 1. The van der Waals surface area contributed by atoms with Crippen LogP contribution in [-0.4, -0.2) is 34.0 Å². The minimum absolute atomic E-state index is 0.0273. The number of benzene rings is 1. The van der Waals surface area contributed by atoms with Gasteiger partial charge in [-0.2, -0.15) is 0 Å². The van der Waals surface area contributed by atoms with Crippen molar-refractivity contribution in [2.24, 2.45) is 5.73 Å². The molecule has 0 aromatic heterocycles. The van der Waals surface area contributed by atoms with Gasteiger partial charge in [0, 0.05) is 17.6 Å². The number of aryl methyl sites for hydroxylation is 1. The second kappa shape index (κ2) is 6.05. The molecule has 0 atom stereocenters. The number of carbonyl (C=O) groups is 2. The van der Waals surface area contributed by atoms with Crippen LogP contribution in [0.4, 0.5) is 0 Å². The highest BCUT2D eigenvalue weighted by Crippen LogP contribution is 2.20. The Morgan fingerprint density at radius 2 is 1.90 bits per heavy atom. The van der Waals surface area contributed by atoms with Crippen LogP contribution in [0.5, 0.6) is 0 Å². The summed E-state index contributed by atoms with van der Waals surface area (Å²) in [6, 6.07) is 5.24. The van der Waals surface area contributed by atoms with Crippen LogP contribution >= 0.6 is 0 Å². The SMILES string of the molecule is Cc1cc(C(N)=O)ccc1CN(CC(=O)O)C(C)(C)C. The van der Waals surface area contributed by atoms with Crippen molar-refractivity contribution < 1.29 is 14.7 Å². The summed E-state index contributed by atoms with van der Waals surface area (Å²) in [5, 5.41) is 9.01. The van der Waals surface area contributed by atoms with Gasteiger partial charge in [0.2, 0.25) is 5.91 Å². The fourth-order valence-corrected chi connectivity index (χ4v) is 1.93. The Balaban J connectivity index is 3.00. The van der Waals surface area contributed by atoms with Crippen molar-refractivity contribution in [2.45, 2.75) is 39.8 Å². The lowest BCUT2D eigenvalue weighted by molar-refractivity contribution is -0.139. The van der Waals surface area contributed by atoms with Gasteiger partial charge in [0.25, 0.3) is 0 Å². The molecule has 1 aromatic carbocycles. The third kappa shape index (κ3) is 4.35. The third-order valence-corrected chi connectivity index (χ3v) is 3.26. The number of carboxylic acid groups (broad SMARTS) is 1. The summed E-state index contributed by atoms with van der Waals surface area (Å²) < 4.78 is 0. The summed E-state index contributed by atoms with van der Waals surface area (Å²) in [5.41, 5.74) is 7.37. The van der Waals surface area contributed by atoms with E-state index in [1.54, 1.807) is 12.1 Å². The average molecular weight is 278 g/mol. The van der Waals surface area contributed by atoms with Crippen LogP contribution < -0.4 is 5.73 Å². The lowest BCUT2D eigenvalue weighted by atomic mass is 10.0. The number of nitrogens with two attached hydrogens (primary N) is 1. The molecule has 5 nitrogen and oxygen atoms in total. The number of hydrogen-bond acceptors (Lipinski definition) is 3. The summed E-state index contributed by atoms with van der Waals surface area (Å²) in [6.45, 7) is 8.31. The van der Waals surface area contributed by atoms with E-state index in [1.807, 2.05) is 38.7 Å². The number of carbonyl (C=O) groups excluding carboxylic acids is 1. The van der Waals surface area contributed by atoms with E-state index >= 15 is 0 Å². The van der Waals surface area contributed by atoms with Crippen LogP contribution in [0.2, 0.25) is 0 Å². The zero-order valence-electron chi connectivity index (χ0n) is 12.4. The fourth-order valence-electron chi connectivity index (χ4n) is 1.93. The normalized spacial score (nSPS) is 11.7. The maximum Gasteiger partial charge on any atom is 0.317 e. The summed E-state index contributed by atoms with van der Waals surface area (Å²) >= 11 is 0. The van der Waals surface area contributed by atoms with E-state index < -0.39 is 11.9 Å². The van der Waals surface area contributed by atoms with E-state index in [9.17, 15) is 9.59 Å². The number of aliphatic carboxylic acids is 1. The van der Waals surface area contributed by atoms with Gasteiger partial charge in [-0.05, 0) is 51.0 Å². The highest BCUT2D eigenvalue weighted by atomic mass is 16.4. The second-order valence-corrected chi connectivity index (χ2v) is 5.93. The summed E-state index contributed by atoms with van der Waals surface area (Å²) in [4.78, 5) is 24.0. The molecule has 0 unspecified atom stereocenters. The van der Waals surface area contributed by atoms with Crippen molar-refractivity contribution in [1.29, 1.82) is 0 Å². The van der Waals surface area contributed by atoms with Crippen LogP contribution in [0, 0.1) is 6.92 Å². The van der Waals surface area contributed by atoms with E-state index in [2.05, 4.69) is 0 Å². The van der Waals surface area contributed by atoms with Gasteiger partial charge < -0.3 is 10.8 Å². The number of carboxylic acids is 1. The molecule has 0 heterocycles. The van der Waals surface area contributed by atoms with Gasteiger partial charge in [-0.25, -0.2) is 0 Å². The topological polar surface area (TPSA) is 83.6 Å². The molecule has 0 aliphatic rings. The van der Waals surface area contributed by atoms with Crippen LogP contribution in [0.1, 0.15) is 42.3 Å². The monoisotopic (exact) mass is 278 g/mol. The standard InChI is InChI=1S/C15H22N2O3/c1-10-7-11(14(16)20)5-6-12(10)8-17(9-13(18)19)15(2,3)4/h5-7H,8-9H2,1-4H3,(H2,16,20)(H,18,19). The van der Waals surface area contributed by atoms with E-state index in [0.29, 0.717) is 12.1 Å². The van der Waals surface area contributed by atoms with Gasteiger partial charge in [-0.15, -0.1) is 0 Å². The molecule has 1 amide bonds. The molecule has 0 fully saturated rings. The quantitative estimate of drug-likeness (QED) is 0.860. The van der Waals surface area contributed by atoms with Gasteiger partial charge in [0.1, 0.15) is 0 Å². The van der Waals surface area contributed by atoms with Crippen LogP contribution in [0.3, 0.4) is 0 Å². The molecule has 0 saturated carbocycles. The first kappa shape index (κ1) is 16.2. The highest BCUT2D eigenvalue weighted by molar-refractivity contribution is 5.93. The Morgan fingerprint density at radius 1 is 1.30 bits per heavy atom. The fraction of sp³-hybridized carbons (Fsp3) is 0.467. The Morgan fingerprint density at radius 3 is 2.30 bits per heavy atom. The summed E-state index contributed by atoms with van der Waals surface area (Å²) in [7, 11) is 0. The molecule has 3 N–H and O–H groups in total. The Hall–Kier alpha value is -1.88. The first-order valence-corrected chi connectivity index (χ1v) is 6.47. The molecule has 1 aromatic rings.